The lowest BCUT2D eigenvalue weighted by Gasteiger charge is -2.10. The molecular weight excluding hydrogens is 396 g/mol. The largest absolute Gasteiger partial charge is 0.480 e. The van der Waals surface area contributed by atoms with Gasteiger partial charge in [-0.05, 0) is 42.8 Å². The van der Waals surface area contributed by atoms with Gasteiger partial charge in [-0.2, -0.15) is 0 Å². The van der Waals surface area contributed by atoms with Crippen molar-refractivity contribution in [2.45, 2.75) is 29.3 Å². The number of benzene rings is 2. The molecule has 2 N–H and O–H groups in total. The number of nitrogens with one attached hydrogen (secondary N) is 1. The number of rotatable bonds is 7. The van der Waals surface area contributed by atoms with E-state index in [9.17, 15) is 14.9 Å². The molecule has 1 unspecified atom stereocenters. The van der Waals surface area contributed by atoms with Gasteiger partial charge in [0, 0.05) is 22.0 Å². The molecule has 0 aliphatic carbocycles. The Bertz CT molecular complexity index is 752. The lowest BCUT2D eigenvalue weighted by Crippen LogP contribution is -2.33. The summed E-state index contributed by atoms with van der Waals surface area (Å²) in [6.45, 7) is 1.77. The number of carbonyl (C=O) groups is 1. The minimum atomic E-state index is -0.966. The zero-order valence-corrected chi connectivity index (χ0v) is 15.1. The number of nitro groups is 1. The van der Waals surface area contributed by atoms with Crippen molar-refractivity contribution in [1.29, 1.82) is 0 Å². The van der Waals surface area contributed by atoms with Crippen molar-refractivity contribution in [3.63, 3.8) is 0 Å². The number of carboxylic acids is 1. The first kappa shape index (κ1) is 18.4. The Morgan fingerprint density at radius 3 is 2.58 bits per heavy atom. The van der Waals surface area contributed by atoms with E-state index in [2.05, 4.69) is 21.2 Å². The first-order chi connectivity index (χ1) is 11.4. The summed E-state index contributed by atoms with van der Waals surface area (Å²) in [7, 11) is 0. The Morgan fingerprint density at radius 2 is 2.00 bits per heavy atom. The monoisotopic (exact) mass is 410 g/mol. The van der Waals surface area contributed by atoms with Crippen LogP contribution in [0.15, 0.2) is 56.7 Å². The molecule has 0 radical (unpaired) electrons. The van der Waals surface area contributed by atoms with Crippen LogP contribution in [0.4, 0.5) is 5.69 Å². The van der Waals surface area contributed by atoms with E-state index in [1.165, 1.54) is 24.8 Å². The normalized spacial score (nSPS) is 11.9. The Balaban J connectivity index is 2.18. The molecule has 0 saturated carbocycles. The maximum atomic E-state index is 11.3. The summed E-state index contributed by atoms with van der Waals surface area (Å²) in [5, 5.41) is 23.0. The quantitative estimate of drug-likeness (QED) is 0.527. The lowest BCUT2D eigenvalue weighted by molar-refractivity contribution is -0.387. The van der Waals surface area contributed by atoms with Crippen molar-refractivity contribution in [1.82, 2.24) is 5.32 Å². The fraction of sp³-hybridized carbons (Fsp3) is 0.188. The Hall–Kier alpha value is -1.90. The summed E-state index contributed by atoms with van der Waals surface area (Å²) in [6, 6.07) is 11.7. The Morgan fingerprint density at radius 1 is 1.33 bits per heavy atom. The standard InChI is InChI=1S/C16H15BrN2O4S/c1-10(16(20)21)18-9-11-2-7-15(14(8-11)19(22)23)24-13-5-3-12(17)4-6-13/h2-8,10,18H,9H2,1H3,(H,20,21). The van der Waals surface area contributed by atoms with E-state index in [0.29, 0.717) is 10.5 Å². The van der Waals surface area contributed by atoms with Crippen LogP contribution in [0, 0.1) is 10.1 Å². The molecule has 0 aliphatic heterocycles. The van der Waals surface area contributed by atoms with Crippen LogP contribution in [0.3, 0.4) is 0 Å². The van der Waals surface area contributed by atoms with E-state index in [0.717, 1.165) is 9.37 Å². The molecule has 126 valence electrons. The van der Waals surface area contributed by atoms with Crippen LogP contribution in [0.2, 0.25) is 0 Å². The second-order valence-electron chi connectivity index (χ2n) is 5.06. The van der Waals surface area contributed by atoms with Gasteiger partial charge in [0.25, 0.3) is 5.69 Å². The molecule has 0 saturated heterocycles. The summed E-state index contributed by atoms with van der Waals surface area (Å²) >= 11 is 4.66. The molecule has 0 bridgehead atoms. The maximum Gasteiger partial charge on any atom is 0.320 e. The van der Waals surface area contributed by atoms with Crippen LogP contribution in [0.25, 0.3) is 0 Å². The summed E-state index contributed by atoms with van der Waals surface area (Å²) in [5.74, 6) is -0.966. The molecule has 0 aromatic heterocycles. The summed E-state index contributed by atoms with van der Waals surface area (Å²) < 4.78 is 0.940. The van der Waals surface area contributed by atoms with Crippen molar-refractivity contribution in [3.8, 4) is 0 Å². The van der Waals surface area contributed by atoms with Gasteiger partial charge < -0.3 is 10.4 Å². The molecule has 2 aromatic rings. The maximum absolute atomic E-state index is 11.3. The predicted octanol–water partition coefficient (Wildman–Crippen LogP) is 4.07. The second kappa shape index (κ2) is 8.27. The highest BCUT2D eigenvalue weighted by Gasteiger charge is 2.17. The van der Waals surface area contributed by atoms with E-state index in [-0.39, 0.29) is 12.2 Å². The number of nitrogens with zero attached hydrogens (tertiary/aromatic N) is 1. The van der Waals surface area contributed by atoms with Gasteiger partial charge in [-0.25, -0.2) is 0 Å². The van der Waals surface area contributed by atoms with E-state index in [4.69, 9.17) is 5.11 Å². The van der Waals surface area contributed by atoms with Crippen molar-refractivity contribution >= 4 is 39.3 Å². The molecule has 2 aromatic carbocycles. The number of carboxylic acid groups (broad SMARTS) is 1. The molecular formula is C16H15BrN2O4S. The molecule has 1 atom stereocenters. The van der Waals surface area contributed by atoms with Gasteiger partial charge in [0.15, 0.2) is 0 Å². The molecule has 0 fully saturated rings. The van der Waals surface area contributed by atoms with Crippen molar-refractivity contribution < 1.29 is 14.8 Å². The third-order valence-corrected chi connectivity index (χ3v) is 4.85. The lowest BCUT2D eigenvalue weighted by atomic mass is 10.2. The number of hydrogen-bond acceptors (Lipinski definition) is 5. The van der Waals surface area contributed by atoms with E-state index < -0.39 is 16.9 Å². The van der Waals surface area contributed by atoms with Crippen LogP contribution in [-0.4, -0.2) is 22.0 Å². The molecule has 8 heteroatoms. The van der Waals surface area contributed by atoms with E-state index in [1.807, 2.05) is 24.3 Å². The van der Waals surface area contributed by atoms with Gasteiger partial charge in [0.2, 0.25) is 0 Å². The third kappa shape index (κ3) is 5.05. The van der Waals surface area contributed by atoms with Gasteiger partial charge in [0.1, 0.15) is 6.04 Å². The van der Waals surface area contributed by atoms with Crippen molar-refractivity contribution in [3.05, 3.63) is 62.6 Å². The minimum absolute atomic E-state index is 0.00481. The first-order valence-electron chi connectivity index (χ1n) is 7.03. The number of aliphatic carboxylic acids is 1. The second-order valence-corrected chi connectivity index (χ2v) is 7.09. The topological polar surface area (TPSA) is 92.5 Å². The van der Waals surface area contributed by atoms with Crippen LogP contribution < -0.4 is 5.32 Å². The number of nitro benzene ring substituents is 1. The van der Waals surface area contributed by atoms with Gasteiger partial charge >= 0.3 is 5.97 Å². The molecule has 24 heavy (non-hydrogen) atoms. The van der Waals surface area contributed by atoms with Gasteiger partial charge in [-0.3, -0.25) is 14.9 Å². The fourth-order valence-corrected chi connectivity index (χ4v) is 3.05. The molecule has 0 amide bonds. The molecule has 6 nitrogen and oxygen atoms in total. The van der Waals surface area contributed by atoms with Gasteiger partial charge in [-0.15, -0.1) is 0 Å². The summed E-state index contributed by atoms with van der Waals surface area (Å²) in [6.07, 6.45) is 0. The minimum Gasteiger partial charge on any atom is -0.480 e. The highest BCUT2D eigenvalue weighted by molar-refractivity contribution is 9.10. The fourth-order valence-electron chi connectivity index (χ4n) is 1.89. The van der Waals surface area contributed by atoms with Crippen LogP contribution in [0.5, 0.6) is 0 Å². The average Bonchev–Trinajstić information content (AvgIpc) is 2.55. The third-order valence-electron chi connectivity index (χ3n) is 3.24. The molecule has 2 rings (SSSR count). The van der Waals surface area contributed by atoms with Crippen LogP contribution >= 0.6 is 27.7 Å². The number of halogens is 1. The molecule has 0 heterocycles. The van der Waals surface area contributed by atoms with Gasteiger partial charge in [0.05, 0.1) is 9.82 Å². The van der Waals surface area contributed by atoms with E-state index in [1.54, 1.807) is 12.1 Å². The van der Waals surface area contributed by atoms with Crippen molar-refractivity contribution in [2.24, 2.45) is 0 Å². The number of hydrogen-bond donors (Lipinski definition) is 2. The van der Waals surface area contributed by atoms with E-state index >= 15 is 0 Å². The zero-order valence-electron chi connectivity index (χ0n) is 12.7. The Labute approximate surface area is 151 Å². The summed E-state index contributed by atoms with van der Waals surface area (Å²) in [4.78, 5) is 23.1. The first-order valence-corrected chi connectivity index (χ1v) is 8.64. The smallest absolute Gasteiger partial charge is 0.320 e. The predicted molar refractivity (Wildman–Crippen MR) is 95.3 cm³/mol. The molecule has 0 spiro atoms. The Kier molecular flexibility index (Phi) is 6.36. The average molecular weight is 411 g/mol. The zero-order chi connectivity index (χ0) is 17.7. The summed E-state index contributed by atoms with van der Waals surface area (Å²) in [5.41, 5.74) is 0.667. The van der Waals surface area contributed by atoms with Crippen LogP contribution in [0.1, 0.15) is 12.5 Å². The highest BCUT2D eigenvalue weighted by Crippen LogP contribution is 2.35. The molecule has 0 aliphatic rings. The SMILES string of the molecule is CC(NCc1ccc(Sc2ccc(Br)cc2)c([N+](=O)[O-])c1)C(=O)O. The van der Waals surface area contributed by atoms with Crippen molar-refractivity contribution in [2.75, 3.05) is 0 Å². The van der Waals surface area contributed by atoms with Gasteiger partial charge in [-0.1, -0.05) is 33.8 Å². The van der Waals surface area contributed by atoms with Crippen LogP contribution in [-0.2, 0) is 11.3 Å². The highest BCUT2D eigenvalue weighted by atomic mass is 79.9.